The Kier molecular flexibility index (Phi) is 5.34. The summed E-state index contributed by atoms with van der Waals surface area (Å²) in [5, 5.41) is 0. The maximum Gasteiger partial charge on any atom is 0.302 e. The number of rotatable bonds is 5. The van der Waals surface area contributed by atoms with Crippen molar-refractivity contribution >= 4 is 17.5 Å². The summed E-state index contributed by atoms with van der Waals surface area (Å²) in [6.45, 7) is 19.0. The Balaban J connectivity index is 1.35. The Morgan fingerprint density at radius 1 is 1.08 bits per heavy atom. The number of carbonyl (C=O) groups is 3. The van der Waals surface area contributed by atoms with Crippen molar-refractivity contribution in [2.45, 2.75) is 130 Å². The summed E-state index contributed by atoms with van der Waals surface area (Å²) in [5.74, 6) is 0.497. The highest BCUT2D eigenvalue weighted by Gasteiger charge is 2.79. The van der Waals surface area contributed by atoms with E-state index in [2.05, 4.69) is 41.5 Å². The molecule has 2 heterocycles. The number of hydrogen-bond acceptors (Lipinski definition) is 6. The summed E-state index contributed by atoms with van der Waals surface area (Å²) in [7, 11) is 0. The molecular weight excluding hydrogens is 480 g/mol. The van der Waals surface area contributed by atoms with Gasteiger partial charge in [0.05, 0.1) is 11.7 Å². The predicted molar refractivity (Wildman–Crippen MR) is 142 cm³/mol. The molecule has 0 unspecified atom stereocenters. The van der Waals surface area contributed by atoms with E-state index in [0.29, 0.717) is 18.6 Å². The average molecular weight is 527 g/mol. The molecule has 2 saturated heterocycles. The number of ether oxygens (including phenoxy) is 3. The number of Topliss-reactive ketones (excluding diaryl/α,β-unsaturated/α-hetero) is 1. The number of allylic oxidation sites excluding steroid dienone is 1. The molecule has 4 aliphatic carbocycles. The fraction of sp³-hybridized carbons (Fsp3) is 0.844. The van der Waals surface area contributed by atoms with Gasteiger partial charge in [0.25, 0.3) is 0 Å². The van der Waals surface area contributed by atoms with Crippen molar-refractivity contribution in [3.8, 4) is 0 Å². The fourth-order valence-electron chi connectivity index (χ4n) is 10.6. The van der Waals surface area contributed by atoms with E-state index in [1.54, 1.807) is 0 Å². The standard InChI is InChI=1S/C32H46O6/c1-17(14-20(36-18(2)33)26-28(5,6)38-26)32-22-15-19(34)25-29(7)12-11-23(35)27(3,4)21(29)10-13-30(25,8)31(22,9)16-24(32)37-32/h15,17,20-21,24-26H,10-14,16H2,1-9H3/t17-,20+,21+,24-,25+,26-,29+,30+,31+,32+/m1/s1. The Morgan fingerprint density at radius 3 is 2.34 bits per heavy atom. The van der Waals surface area contributed by atoms with Gasteiger partial charge in [0.15, 0.2) is 5.78 Å². The maximum absolute atomic E-state index is 14.3. The second kappa shape index (κ2) is 7.60. The lowest BCUT2D eigenvalue weighted by Crippen LogP contribution is -2.64. The first-order chi connectivity index (χ1) is 17.4. The van der Waals surface area contributed by atoms with E-state index in [1.807, 2.05) is 19.9 Å². The third-order valence-corrected chi connectivity index (χ3v) is 12.8. The highest BCUT2D eigenvalue weighted by molar-refractivity contribution is 5.97. The maximum atomic E-state index is 14.3. The Bertz CT molecular complexity index is 1150. The molecule has 6 rings (SSSR count). The zero-order chi connectivity index (χ0) is 27.8. The number of hydrogen-bond donors (Lipinski definition) is 0. The minimum atomic E-state index is -0.477. The van der Waals surface area contributed by atoms with Crippen molar-refractivity contribution in [3.05, 3.63) is 11.6 Å². The van der Waals surface area contributed by atoms with Crippen LogP contribution in [0.3, 0.4) is 0 Å². The zero-order valence-electron chi connectivity index (χ0n) is 24.7. The highest BCUT2D eigenvalue weighted by atomic mass is 16.6. The predicted octanol–water partition coefficient (Wildman–Crippen LogP) is 5.61. The van der Waals surface area contributed by atoms with Crippen LogP contribution >= 0.6 is 0 Å². The smallest absolute Gasteiger partial charge is 0.302 e. The van der Waals surface area contributed by atoms with Crippen LogP contribution in [-0.4, -0.2) is 47.0 Å². The number of carbonyl (C=O) groups excluding carboxylic acids is 3. The van der Waals surface area contributed by atoms with Gasteiger partial charge in [0.1, 0.15) is 23.6 Å². The highest BCUT2D eigenvalue weighted by Crippen LogP contribution is 2.77. The van der Waals surface area contributed by atoms with Crippen molar-refractivity contribution in [1.82, 2.24) is 0 Å². The van der Waals surface area contributed by atoms with Crippen LogP contribution in [0, 0.1) is 39.4 Å². The van der Waals surface area contributed by atoms with Crippen LogP contribution in [0.1, 0.15) is 101 Å². The van der Waals surface area contributed by atoms with Gasteiger partial charge in [-0.15, -0.1) is 0 Å². The van der Waals surface area contributed by atoms with Crippen LogP contribution in [-0.2, 0) is 28.6 Å². The van der Waals surface area contributed by atoms with Gasteiger partial charge in [-0.1, -0.05) is 41.5 Å². The molecule has 2 aliphatic heterocycles. The summed E-state index contributed by atoms with van der Waals surface area (Å²) < 4.78 is 18.1. The van der Waals surface area contributed by atoms with Crippen LogP contribution < -0.4 is 0 Å². The second-order valence-electron chi connectivity index (χ2n) is 15.4. The van der Waals surface area contributed by atoms with Gasteiger partial charge in [-0.2, -0.15) is 0 Å². The normalized spacial score (nSPS) is 49.0. The average Bonchev–Trinajstić information content (AvgIpc) is 3.64. The summed E-state index contributed by atoms with van der Waals surface area (Å²) in [5.41, 5.74) is -0.512. The van der Waals surface area contributed by atoms with Crippen molar-refractivity contribution in [2.75, 3.05) is 0 Å². The molecule has 0 amide bonds. The van der Waals surface area contributed by atoms with Gasteiger partial charge in [-0.3, -0.25) is 14.4 Å². The molecule has 6 heteroatoms. The first-order valence-electron chi connectivity index (χ1n) is 14.8. The van der Waals surface area contributed by atoms with E-state index in [0.717, 1.165) is 31.3 Å². The minimum Gasteiger partial charge on any atom is -0.460 e. The SMILES string of the molecule is CC(=O)O[C@@H](C[C@@H](C)[C@@]12O[C@@H]1C[C@@]1(C)C2=CC(=O)[C@H]2[C@@]3(C)CCC(=O)C(C)(C)[C@@H]3CC[C@@]21C)[C@H]1OC1(C)C. The first kappa shape index (κ1) is 26.7. The number of epoxide rings is 2. The summed E-state index contributed by atoms with van der Waals surface area (Å²) in [6.07, 6.45) is 6.45. The monoisotopic (exact) mass is 526 g/mol. The van der Waals surface area contributed by atoms with E-state index in [-0.39, 0.29) is 75.1 Å². The molecule has 3 saturated carbocycles. The molecule has 0 spiro atoms. The minimum absolute atomic E-state index is 0.0797. The van der Waals surface area contributed by atoms with Crippen LogP contribution in [0.15, 0.2) is 11.6 Å². The molecule has 0 aromatic rings. The molecule has 0 aromatic heterocycles. The topological polar surface area (TPSA) is 85.5 Å². The lowest BCUT2D eigenvalue weighted by Gasteiger charge is -2.66. The zero-order valence-corrected chi connectivity index (χ0v) is 24.7. The Hall–Kier alpha value is -1.53. The van der Waals surface area contributed by atoms with E-state index in [9.17, 15) is 14.4 Å². The fourth-order valence-corrected chi connectivity index (χ4v) is 10.6. The van der Waals surface area contributed by atoms with E-state index >= 15 is 0 Å². The Labute approximate surface area is 227 Å². The molecule has 0 aromatic carbocycles. The van der Waals surface area contributed by atoms with E-state index in [4.69, 9.17) is 14.2 Å². The third-order valence-electron chi connectivity index (χ3n) is 12.8. The molecule has 0 radical (unpaired) electrons. The summed E-state index contributed by atoms with van der Waals surface area (Å²) in [4.78, 5) is 39.1. The quantitative estimate of drug-likeness (QED) is 0.342. The third kappa shape index (κ3) is 3.16. The molecule has 6 nitrogen and oxygen atoms in total. The summed E-state index contributed by atoms with van der Waals surface area (Å²) in [6, 6.07) is 0. The van der Waals surface area contributed by atoms with Crippen molar-refractivity contribution < 1.29 is 28.6 Å². The first-order valence-corrected chi connectivity index (χ1v) is 14.8. The number of fused-ring (bicyclic) bond motifs is 7. The molecule has 0 bridgehead atoms. The van der Waals surface area contributed by atoms with E-state index < -0.39 is 5.60 Å². The largest absolute Gasteiger partial charge is 0.460 e. The lowest BCUT2D eigenvalue weighted by atomic mass is 9.36. The number of esters is 1. The van der Waals surface area contributed by atoms with Crippen molar-refractivity contribution in [3.63, 3.8) is 0 Å². The van der Waals surface area contributed by atoms with Crippen molar-refractivity contribution in [1.29, 1.82) is 0 Å². The van der Waals surface area contributed by atoms with Gasteiger partial charge in [-0.25, -0.2) is 0 Å². The lowest BCUT2D eigenvalue weighted by molar-refractivity contribution is -0.182. The molecule has 210 valence electrons. The van der Waals surface area contributed by atoms with Gasteiger partial charge in [-0.05, 0) is 80.3 Å². The second-order valence-corrected chi connectivity index (χ2v) is 15.4. The molecule has 10 atom stereocenters. The van der Waals surface area contributed by atoms with Crippen LogP contribution in [0.2, 0.25) is 0 Å². The number of ketones is 2. The van der Waals surface area contributed by atoms with Gasteiger partial charge >= 0.3 is 5.97 Å². The molecule has 6 aliphatic rings. The van der Waals surface area contributed by atoms with Crippen LogP contribution in [0.25, 0.3) is 0 Å². The van der Waals surface area contributed by atoms with Gasteiger partial charge in [0, 0.05) is 30.1 Å². The van der Waals surface area contributed by atoms with Crippen LogP contribution in [0.4, 0.5) is 0 Å². The molecular formula is C32H46O6. The molecule has 5 fully saturated rings. The molecule has 0 N–H and O–H groups in total. The summed E-state index contributed by atoms with van der Waals surface area (Å²) >= 11 is 0. The van der Waals surface area contributed by atoms with Gasteiger partial charge < -0.3 is 14.2 Å². The Morgan fingerprint density at radius 2 is 1.74 bits per heavy atom. The molecule has 38 heavy (non-hydrogen) atoms. The van der Waals surface area contributed by atoms with Gasteiger partial charge in [0.2, 0.25) is 0 Å². The van der Waals surface area contributed by atoms with Crippen LogP contribution in [0.5, 0.6) is 0 Å². The van der Waals surface area contributed by atoms with E-state index in [1.165, 1.54) is 6.92 Å². The van der Waals surface area contributed by atoms with Crippen molar-refractivity contribution in [2.24, 2.45) is 39.4 Å².